The van der Waals surface area contributed by atoms with Gasteiger partial charge in [0.2, 0.25) is 0 Å². The van der Waals surface area contributed by atoms with E-state index in [1.807, 2.05) is 0 Å². The zero-order valence-electron chi connectivity index (χ0n) is 8.57. The summed E-state index contributed by atoms with van der Waals surface area (Å²) in [5.41, 5.74) is 2.85. The number of halogens is 1. The Kier molecular flexibility index (Phi) is 2.98. The second kappa shape index (κ2) is 4.25. The molecule has 1 aliphatic heterocycles. The van der Waals surface area contributed by atoms with E-state index in [-0.39, 0.29) is 12.4 Å². The molecule has 1 aliphatic rings. The van der Waals surface area contributed by atoms with Crippen molar-refractivity contribution in [1.82, 2.24) is 9.88 Å². The molecule has 0 spiro atoms. The molecule has 0 saturated heterocycles. The number of aromatic nitrogens is 1. The highest BCUT2D eigenvalue weighted by Gasteiger charge is 2.09. The fourth-order valence-corrected chi connectivity index (χ4v) is 2.27. The molecule has 0 unspecified atom stereocenters. The van der Waals surface area contributed by atoms with Crippen LogP contribution in [-0.4, -0.2) is 17.7 Å². The lowest BCUT2D eigenvalue weighted by atomic mass is 10.2. The third-order valence-electron chi connectivity index (χ3n) is 2.97. The molecule has 2 heterocycles. The maximum atomic E-state index is 3.42. The van der Waals surface area contributed by atoms with E-state index >= 15 is 0 Å². The molecule has 0 atom stereocenters. The SMILES string of the molecule is Cl.c1ccc2c(c1)cc1n2CCNCC1. The maximum Gasteiger partial charge on any atom is 0.0482 e. The van der Waals surface area contributed by atoms with Crippen LogP contribution in [0.4, 0.5) is 0 Å². The largest absolute Gasteiger partial charge is 0.343 e. The molecule has 3 rings (SSSR count). The van der Waals surface area contributed by atoms with Crippen LogP contribution in [-0.2, 0) is 13.0 Å². The summed E-state index contributed by atoms with van der Waals surface area (Å²) in [6.07, 6.45) is 1.15. The van der Waals surface area contributed by atoms with Crippen molar-refractivity contribution in [3.63, 3.8) is 0 Å². The smallest absolute Gasteiger partial charge is 0.0482 e. The van der Waals surface area contributed by atoms with E-state index in [0.29, 0.717) is 0 Å². The van der Waals surface area contributed by atoms with Gasteiger partial charge in [0.1, 0.15) is 0 Å². The van der Waals surface area contributed by atoms with Crippen LogP contribution in [0.5, 0.6) is 0 Å². The van der Waals surface area contributed by atoms with Crippen molar-refractivity contribution >= 4 is 23.3 Å². The normalized spacial score (nSPS) is 15.5. The molecule has 1 aromatic carbocycles. The summed E-state index contributed by atoms with van der Waals surface area (Å²) in [4.78, 5) is 0. The van der Waals surface area contributed by atoms with Gasteiger partial charge in [-0.1, -0.05) is 18.2 Å². The molecule has 0 fully saturated rings. The van der Waals surface area contributed by atoms with Crippen LogP contribution in [0.1, 0.15) is 5.69 Å². The number of nitrogens with one attached hydrogen (secondary N) is 1. The van der Waals surface area contributed by atoms with Gasteiger partial charge < -0.3 is 9.88 Å². The molecule has 0 amide bonds. The predicted octanol–water partition coefficient (Wildman–Crippen LogP) is 2.21. The summed E-state index contributed by atoms with van der Waals surface area (Å²) in [6.45, 7) is 3.30. The average molecular weight is 223 g/mol. The fraction of sp³-hybridized carbons (Fsp3) is 0.333. The number of rotatable bonds is 0. The van der Waals surface area contributed by atoms with Gasteiger partial charge in [0.25, 0.3) is 0 Å². The second-order valence-corrected chi connectivity index (χ2v) is 3.85. The maximum absolute atomic E-state index is 3.42. The molecule has 0 saturated carbocycles. The number of fused-ring (bicyclic) bond motifs is 3. The monoisotopic (exact) mass is 222 g/mol. The highest BCUT2D eigenvalue weighted by molar-refractivity contribution is 5.85. The zero-order chi connectivity index (χ0) is 9.38. The lowest BCUT2D eigenvalue weighted by Gasteiger charge is -2.04. The van der Waals surface area contributed by atoms with Gasteiger partial charge in [-0.25, -0.2) is 0 Å². The van der Waals surface area contributed by atoms with Gasteiger partial charge in [-0.2, -0.15) is 0 Å². The van der Waals surface area contributed by atoms with E-state index in [1.54, 1.807) is 0 Å². The lowest BCUT2D eigenvalue weighted by molar-refractivity contribution is 0.658. The number of nitrogens with zero attached hydrogens (tertiary/aromatic N) is 1. The second-order valence-electron chi connectivity index (χ2n) is 3.85. The van der Waals surface area contributed by atoms with Gasteiger partial charge in [-0.3, -0.25) is 0 Å². The summed E-state index contributed by atoms with van der Waals surface area (Å²) >= 11 is 0. The van der Waals surface area contributed by atoms with E-state index < -0.39 is 0 Å². The number of hydrogen-bond acceptors (Lipinski definition) is 1. The van der Waals surface area contributed by atoms with E-state index in [4.69, 9.17) is 0 Å². The van der Waals surface area contributed by atoms with Crippen molar-refractivity contribution in [2.75, 3.05) is 13.1 Å². The Morgan fingerprint density at radius 2 is 2.00 bits per heavy atom. The summed E-state index contributed by atoms with van der Waals surface area (Å²) < 4.78 is 2.44. The van der Waals surface area contributed by atoms with E-state index in [0.717, 1.165) is 26.1 Å². The molecule has 80 valence electrons. The van der Waals surface area contributed by atoms with Crippen LogP contribution >= 0.6 is 12.4 Å². The molecule has 0 aliphatic carbocycles. The van der Waals surface area contributed by atoms with Crippen molar-refractivity contribution < 1.29 is 0 Å². The standard InChI is InChI=1S/C12H14N2.ClH/c1-2-4-12-10(3-1)9-11-5-6-13-7-8-14(11)12;/h1-4,9,13H,5-8H2;1H. The molecule has 3 heteroatoms. The lowest BCUT2D eigenvalue weighted by Crippen LogP contribution is -2.17. The molecule has 0 radical (unpaired) electrons. The van der Waals surface area contributed by atoms with Crippen molar-refractivity contribution in [1.29, 1.82) is 0 Å². The summed E-state index contributed by atoms with van der Waals surface area (Å²) in [6, 6.07) is 11.0. The minimum atomic E-state index is 0. The van der Waals surface area contributed by atoms with Crippen molar-refractivity contribution in [3.8, 4) is 0 Å². The molecule has 0 bridgehead atoms. The van der Waals surface area contributed by atoms with Gasteiger partial charge in [-0.05, 0) is 17.5 Å². The number of hydrogen-bond donors (Lipinski definition) is 1. The van der Waals surface area contributed by atoms with Crippen molar-refractivity contribution in [3.05, 3.63) is 36.0 Å². The number of benzene rings is 1. The van der Waals surface area contributed by atoms with Gasteiger partial charge in [0.15, 0.2) is 0 Å². The Balaban J connectivity index is 0.000000853. The topological polar surface area (TPSA) is 17.0 Å². The Hall–Kier alpha value is -0.990. The minimum absolute atomic E-state index is 0. The first-order valence-corrected chi connectivity index (χ1v) is 5.23. The van der Waals surface area contributed by atoms with Crippen LogP contribution in [0.15, 0.2) is 30.3 Å². The minimum Gasteiger partial charge on any atom is -0.343 e. The molecule has 2 nitrogen and oxygen atoms in total. The third kappa shape index (κ3) is 1.75. The van der Waals surface area contributed by atoms with Crippen LogP contribution in [0.2, 0.25) is 0 Å². The quantitative estimate of drug-likeness (QED) is 0.723. The Morgan fingerprint density at radius 3 is 2.93 bits per heavy atom. The number of para-hydroxylation sites is 1. The van der Waals surface area contributed by atoms with E-state index in [2.05, 4.69) is 40.2 Å². The van der Waals surface area contributed by atoms with Gasteiger partial charge in [0, 0.05) is 37.3 Å². The highest BCUT2D eigenvalue weighted by atomic mass is 35.5. The summed E-state index contributed by atoms with van der Waals surface area (Å²) in [5, 5.41) is 4.80. The van der Waals surface area contributed by atoms with Crippen LogP contribution in [0.25, 0.3) is 10.9 Å². The van der Waals surface area contributed by atoms with E-state index in [1.165, 1.54) is 16.6 Å². The first-order chi connectivity index (χ1) is 6.95. The van der Waals surface area contributed by atoms with Crippen LogP contribution in [0.3, 0.4) is 0 Å². The van der Waals surface area contributed by atoms with Gasteiger partial charge in [-0.15, -0.1) is 12.4 Å². The van der Waals surface area contributed by atoms with Gasteiger partial charge >= 0.3 is 0 Å². The molecular formula is C12H15ClN2. The zero-order valence-corrected chi connectivity index (χ0v) is 9.39. The Morgan fingerprint density at radius 1 is 1.13 bits per heavy atom. The van der Waals surface area contributed by atoms with Crippen LogP contribution < -0.4 is 5.32 Å². The third-order valence-corrected chi connectivity index (χ3v) is 2.97. The molecule has 1 aromatic heterocycles. The Labute approximate surface area is 95.7 Å². The Bertz CT molecular complexity index is 462. The summed E-state index contributed by atoms with van der Waals surface area (Å²) in [5.74, 6) is 0. The fourth-order valence-electron chi connectivity index (χ4n) is 2.27. The predicted molar refractivity (Wildman–Crippen MR) is 65.8 cm³/mol. The highest BCUT2D eigenvalue weighted by Crippen LogP contribution is 2.20. The average Bonchev–Trinajstić information content (AvgIpc) is 2.42. The first kappa shape index (κ1) is 10.5. The van der Waals surface area contributed by atoms with E-state index in [9.17, 15) is 0 Å². The molecule has 2 aromatic rings. The first-order valence-electron chi connectivity index (χ1n) is 5.23. The molecule has 15 heavy (non-hydrogen) atoms. The molecule has 1 N–H and O–H groups in total. The van der Waals surface area contributed by atoms with Crippen LogP contribution in [0, 0.1) is 0 Å². The van der Waals surface area contributed by atoms with Crippen molar-refractivity contribution in [2.45, 2.75) is 13.0 Å². The summed E-state index contributed by atoms with van der Waals surface area (Å²) in [7, 11) is 0. The molecular weight excluding hydrogens is 208 g/mol. The van der Waals surface area contributed by atoms with Crippen molar-refractivity contribution in [2.24, 2.45) is 0 Å². The van der Waals surface area contributed by atoms with Gasteiger partial charge in [0.05, 0.1) is 0 Å².